The lowest BCUT2D eigenvalue weighted by molar-refractivity contribution is 1.02. The van der Waals surface area contributed by atoms with Gasteiger partial charge in [0.2, 0.25) is 0 Å². The number of nitrogens with two attached hydrogens (primary N) is 1. The quantitative estimate of drug-likeness (QED) is 0.820. The van der Waals surface area contributed by atoms with E-state index in [1.165, 1.54) is 0 Å². The van der Waals surface area contributed by atoms with Gasteiger partial charge in [-0.15, -0.1) is 0 Å². The van der Waals surface area contributed by atoms with Crippen LogP contribution < -0.4 is 11.1 Å². The van der Waals surface area contributed by atoms with Crippen LogP contribution >= 0.6 is 23.2 Å². The van der Waals surface area contributed by atoms with Gasteiger partial charge in [0.1, 0.15) is 0 Å². The molecule has 0 spiro atoms. The maximum atomic E-state index is 5.98. The highest BCUT2D eigenvalue weighted by Crippen LogP contribution is 2.29. The normalized spacial score (nSPS) is 10.2. The number of anilines is 1. The van der Waals surface area contributed by atoms with Gasteiger partial charge in [-0.1, -0.05) is 23.2 Å². The largest absolute Gasteiger partial charge is 0.382 e. The molecule has 0 saturated heterocycles. The summed E-state index contributed by atoms with van der Waals surface area (Å²) in [5.74, 6) is 0. The Bertz CT molecular complexity index is 277. The van der Waals surface area contributed by atoms with Crippen LogP contribution in [0.3, 0.4) is 0 Å². The van der Waals surface area contributed by atoms with Crippen molar-refractivity contribution < 1.29 is 0 Å². The zero-order chi connectivity index (χ0) is 9.84. The minimum absolute atomic E-state index is 0.582. The van der Waals surface area contributed by atoms with Crippen LogP contribution in [-0.4, -0.2) is 13.1 Å². The second-order valence-corrected chi connectivity index (χ2v) is 3.64. The molecule has 0 amide bonds. The third-order valence-corrected chi connectivity index (χ3v) is 2.21. The first-order valence-electron chi connectivity index (χ1n) is 4.04. The summed E-state index contributed by atoms with van der Waals surface area (Å²) in [7, 11) is 0. The third-order valence-electron chi connectivity index (χ3n) is 1.70. The minimum Gasteiger partial charge on any atom is -0.382 e. The number of benzene rings is 1. The zero-order valence-electron chi connectivity index (χ0n) is 7.40. The van der Waals surface area contributed by atoms with Crippen molar-refractivity contribution in [2.75, 3.05) is 18.4 Å². The van der Waals surface area contributed by atoms with Crippen molar-refractivity contribution >= 4 is 28.9 Å². The summed E-state index contributed by atoms with van der Waals surface area (Å²) in [4.78, 5) is 0. The van der Waals surface area contributed by atoms with E-state index in [9.17, 15) is 0 Å². The van der Waals surface area contributed by atoms with E-state index in [1.54, 1.807) is 6.07 Å². The maximum Gasteiger partial charge on any atom is 0.0655 e. The summed E-state index contributed by atoms with van der Waals surface area (Å²) in [6.07, 6.45) is 0. The van der Waals surface area contributed by atoms with Gasteiger partial charge in [0.05, 0.1) is 10.7 Å². The van der Waals surface area contributed by atoms with Crippen LogP contribution in [0, 0.1) is 6.92 Å². The van der Waals surface area contributed by atoms with Gasteiger partial charge in [0, 0.05) is 18.1 Å². The lowest BCUT2D eigenvalue weighted by Gasteiger charge is -2.10. The average Bonchev–Trinajstić information content (AvgIpc) is 2.02. The minimum atomic E-state index is 0.582. The number of hydrogen-bond acceptors (Lipinski definition) is 2. The predicted molar refractivity (Wildman–Crippen MR) is 58.7 cm³/mol. The van der Waals surface area contributed by atoms with Crippen LogP contribution in [0.1, 0.15) is 5.56 Å². The van der Waals surface area contributed by atoms with E-state index in [-0.39, 0.29) is 0 Å². The Labute approximate surface area is 88.0 Å². The Morgan fingerprint density at radius 2 is 2.08 bits per heavy atom. The monoisotopic (exact) mass is 218 g/mol. The van der Waals surface area contributed by atoms with Crippen LogP contribution in [0.25, 0.3) is 0 Å². The number of halogens is 2. The molecule has 72 valence electrons. The highest BCUT2D eigenvalue weighted by molar-refractivity contribution is 6.36. The van der Waals surface area contributed by atoms with Crippen molar-refractivity contribution in [2.24, 2.45) is 5.73 Å². The number of aryl methyl sites for hydroxylation is 1. The van der Waals surface area contributed by atoms with Gasteiger partial charge in [-0.3, -0.25) is 0 Å². The van der Waals surface area contributed by atoms with Gasteiger partial charge < -0.3 is 11.1 Å². The van der Waals surface area contributed by atoms with E-state index < -0.39 is 0 Å². The first kappa shape index (κ1) is 10.6. The fraction of sp³-hybridized carbons (Fsp3) is 0.333. The molecule has 0 aliphatic heterocycles. The van der Waals surface area contributed by atoms with Gasteiger partial charge in [-0.2, -0.15) is 0 Å². The van der Waals surface area contributed by atoms with Crippen LogP contribution in [0.4, 0.5) is 5.69 Å². The maximum absolute atomic E-state index is 5.98. The molecule has 2 nitrogen and oxygen atoms in total. The van der Waals surface area contributed by atoms with Crippen molar-refractivity contribution in [1.29, 1.82) is 0 Å². The van der Waals surface area contributed by atoms with E-state index in [0.717, 1.165) is 11.3 Å². The van der Waals surface area contributed by atoms with E-state index in [4.69, 9.17) is 28.9 Å². The molecule has 0 fully saturated rings. The van der Waals surface area contributed by atoms with E-state index in [1.807, 2.05) is 13.0 Å². The molecule has 1 aromatic carbocycles. The van der Waals surface area contributed by atoms with E-state index in [2.05, 4.69) is 5.32 Å². The number of rotatable bonds is 3. The van der Waals surface area contributed by atoms with Crippen molar-refractivity contribution in [2.45, 2.75) is 6.92 Å². The smallest absolute Gasteiger partial charge is 0.0655 e. The van der Waals surface area contributed by atoms with Crippen molar-refractivity contribution in [3.8, 4) is 0 Å². The molecule has 0 aliphatic rings. The molecule has 0 saturated carbocycles. The topological polar surface area (TPSA) is 38.0 Å². The van der Waals surface area contributed by atoms with Gasteiger partial charge in [0.15, 0.2) is 0 Å². The summed E-state index contributed by atoms with van der Waals surface area (Å²) in [5.41, 5.74) is 7.32. The Kier molecular flexibility index (Phi) is 3.85. The molecule has 0 heterocycles. The number of hydrogen-bond donors (Lipinski definition) is 2. The van der Waals surface area contributed by atoms with E-state index >= 15 is 0 Å². The highest BCUT2D eigenvalue weighted by atomic mass is 35.5. The lowest BCUT2D eigenvalue weighted by atomic mass is 10.2. The van der Waals surface area contributed by atoms with Crippen molar-refractivity contribution in [3.05, 3.63) is 27.7 Å². The summed E-state index contributed by atoms with van der Waals surface area (Å²) >= 11 is 11.8. The molecular weight excluding hydrogens is 207 g/mol. The van der Waals surface area contributed by atoms with E-state index in [0.29, 0.717) is 23.1 Å². The summed E-state index contributed by atoms with van der Waals surface area (Å²) < 4.78 is 0. The molecule has 0 radical (unpaired) electrons. The number of nitrogens with one attached hydrogen (secondary N) is 1. The first-order valence-corrected chi connectivity index (χ1v) is 4.80. The fourth-order valence-corrected chi connectivity index (χ4v) is 1.79. The predicted octanol–water partition coefficient (Wildman–Crippen LogP) is 2.67. The molecule has 13 heavy (non-hydrogen) atoms. The lowest BCUT2D eigenvalue weighted by Crippen LogP contribution is -2.13. The molecule has 0 aliphatic carbocycles. The van der Waals surface area contributed by atoms with Gasteiger partial charge in [-0.25, -0.2) is 0 Å². The molecule has 4 heteroatoms. The summed E-state index contributed by atoms with van der Waals surface area (Å²) in [6, 6.07) is 3.58. The third kappa shape index (κ3) is 2.76. The molecule has 0 atom stereocenters. The summed E-state index contributed by atoms with van der Waals surface area (Å²) in [6.45, 7) is 3.25. The van der Waals surface area contributed by atoms with Crippen molar-refractivity contribution in [3.63, 3.8) is 0 Å². The Morgan fingerprint density at radius 1 is 1.38 bits per heavy atom. The van der Waals surface area contributed by atoms with Crippen LogP contribution in [0.2, 0.25) is 10.0 Å². The molecular formula is C9H12Cl2N2. The Balaban J connectivity index is 2.92. The second kappa shape index (κ2) is 4.70. The van der Waals surface area contributed by atoms with Crippen molar-refractivity contribution in [1.82, 2.24) is 0 Å². The first-order chi connectivity index (χ1) is 6.15. The summed E-state index contributed by atoms with van der Waals surface area (Å²) in [5, 5.41) is 4.43. The molecule has 0 bridgehead atoms. The molecule has 0 aromatic heterocycles. The molecule has 1 aromatic rings. The SMILES string of the molecule is Cc1cc(Cl)cc(Cl)c1NCCN. The Morgan fingerprint density at radius 3 is 2.62 bits per heavy atom. The standard InChI is InChI=1S/C9H12Cl2N2/c1-6-4-7(10)5-8(11)9(6)13-3-2-12/h4-5,13H,2-3,12H2,1H3. The van der Waals surface area contributed by atoms with Gasteiger partial charge in [0.25, 0.3) is 0 Å². The van der Waals surface area contributed by atoms with Crippen LogP contribution in [0.15, 0.2) is 12.1 Å². The zero-order valence-corrected chi connectivity index (χ0v) is 8.91. The molecule has 3 N–H and O–H groups in total. The Hall–Kier alpha value is -0.440. The van der Waals surface area contributed by atoms with Gasteiger partial charge >= 0.3 is 0 Å². The molecule has 0 unspecified atom stereocenters. The second-order valence-electron chi connectivity index (χ2n) is 2.79. The average molecular weight is 219 g/mol. The van der Waals surface area contributed by atoms with Gasteiger partial charge in [-0.05, 0) is 24.6 Å². The highest BCUT2D eigenvalue weighted by Gasteiger charge is 2.04. The van der Waals surface area contributed by atoms with Crippen LogP contribution in [0.5, 0.6) is 0 Å². The van der Waals surface area contributed by atoms with Crippen LogP contribution in [-0.2, 0) is 0 Å². The molecule has 1 rings (SSSR count). The fourth-order valence-electron chi connectivity index (χ4n) is 1.12.